The Morgan fingerprint density at radius 3 is 2.20 bits per heavy atom. The zero-order chi connectivity index (χ0) is 33.8. The molecule has 0 aromatic carbocycles. The van der Waals surface area contributed by atoms with Crippen molar-refractivity contribution in [3.05, 3.63) is 11.6 Å². The van der Waals surface area contributed by atoms with Crippen LogP contribution in [0.3, 0.4) is 0 Å². The Morgan fingerprint density at radius 2 is 1.54 bits per heavy atom. The molecule has 1 unspecified atom stereocenters. The Bertz CT molecular complexity index is 1230. The highest BCUT2D eigenvalue weighted by molar-refractivity contribution is 5.79. The van der Waals surface area contributed by atoms with Gasteiger partial charge in [0.25, 0.3) is 0 Å². The molecular weight excluding hydrogens is 592 g/mol. The van der Waals surface area contributed by atoms with Gasteiger partial charge in [-0.2, -0.15) is 0 Å². The molecule has 5 aliphatic carbocycles. The van der Waals surface area contributed by atoms with Crippen LogP contribution in [0.25, 0.3) is 0 Å². The van der Waals surface area contributed by atoms with Gasteiger partial charge in [0.05, 0.1) is 24.2 Å². The van der Waals surface area contributed by atoms with Gasteiger partial charge in [-0.05, 0) is 97.2 Å². The number of carbonyl (C=O) groups excluding carboxylic acids is 1. The van der Waals surface area contributed by atoms with Crippen LogP contribution in [0.2, 0.25) is 0 Å². The van der Waals surface area contributed by atoms with E-state index in [1.54, 1.807) is 0 Å². The third-order valence-electron chi connectivity index (χ3n) is 15.1. The first-order chi connectivity index (χ1) is 21.3. The molecule has 10 heteroatoms. The minimum Gasteiger partial charge on any atom is -0.432 e. The van der Waals surface area contributed by atoms with Crippen molar-refractivity contribution in [2.24, 2.45) is 50.2 Å². The second-order valence-corrected chi connectivity index (χ2v) is 17.9. The van der Waals surface area contributed by atoms with Gasteiger partial charge in [0.15, 0.2) is 0 Å². The van der Waals surface area contributed by atoms with E-state index in [0.717, 1.165) is 32.1 Å². The molecule has 10 nitrogen and oxygen atoms in total. The summed E-state index contributed by atoms with van der Waals surface area (Å²) < 4.78 is 11.5. The van der Waals surface area contributed by atoms with Crippen molar-refractivity contribution in [2.75, 3.05) is 13.2 Å². The van der Waals surface area contributed by atoms with Crippen LogP contribution in [0, 0.1) is 50.2 Å². The topological polar surface area (TPSA) is 177 Å². The molecule has 0 bridgehead atoms. The van der Waals surface area contributed by atoms with E-state index < -0.39 is 71.7 Å². The first-order valence-corrected chi connectivity index (χ1v) is 17.5. The molecule has 0 spiro atoms. The highest BCUT2D eigenvalue weighted by Gasteiger charge is 2.71. The Morgan fingerprint density at radius 1 is 0.870 bits per heavy atom. The highest BCUT2D eigenvalue weighted by atomic mass is 16.7. The van der Waals surface area contributed by atoms with Gasteiger partial charge in [0, 0.05) is 12.0 Å². The molecule has 0 radical (unpaired) electrons. The molecule has 6 aliphatic rings. The SMILES string of the molecule is CC1(C)CC[C@@]2(C(=O)O[C@H]3O[C@@H](CO)[C@H](O)[C@@H](O)[C@@H]3O)CC[C@@]3(C)C(=CC[C@@H]4[C@]5(CO)C[C@@H](O)[C@H](O)C(C)(C)C5CC[C@@]43C)[C@@H]2C1. The van der Waals surface area contributed by atoms with Crippen LogP contribution < -0.4 is 0 Å². The molecule has 0 aromatic heterocycles. The lowest BCUT2D eigenvalue weighted by Gasteiger charge is -2.71. The summed E-state index contributed by atoms with van der Waals surface area (Å²) in [6, 6.07) is 0. The van der Waals surface area contributed by atoms with Gasteiger partial charge < -0.3 is 45.2 Å². The molecule has 1 saturated heterocycles. The minimum atomic E-state index is -1.66. The van der Waals surface area contributed by atoms with Gasteiger partial charge in [-0.1, -0.05) is 53.2 Å². The van der Waals surface area contributed by atoms with Gasteiger partial charge in [-0.3, -0.25) is 4.79 Å². The maximum Gasteiger partial charge on any atom is 0.315 e. The van der Waals surface area contributed by atoms with Crippen LogP contribution in [-0.2, 0) is 14.3 Å². The van der Waals surface area contributed by atoms with Crippen molar-refractivity contribution in [3.63, 3.8) is 0 Å². The van der Waals surface area contributed by atoms with Crippen LogP contribution in [0.15, 0.2) is 11.6 Å². The Balaban J connectivity index is 1.37. The van der Waals surface area contributed by atoms with E-state index in [0.29, 0.717) is 25.7 Å². The lowest BCUT2D eigenvalue weighted by atomic mass is 9.33. The Kier molecular flexibility index (Phi) is 8.46. The number of ether oxygens (including phenoxy) is 2. The summed E-state index contributed by atoms with van der Waals surface area (Å²) in [5.74, 6) is -0.452. The Labute approximate surface area is 273 Å². The van der Waals surface area contributed by atoms with Crippen LogP contribution >= 0.6 is 0 Å². The molecule has 0 aromatic rings. The lowest BCUT2D eigenvalue weighted by Crippen LogP contribution is -2.68. The van der Waals surface area contributed by atoms with Crippen molar-refractivity contribution in [2.45, 2.75) is 142 Å². The van der Waals surface area contributed by atoms with Crippen molar-refractivity contribution < 1.29 is 50.0 Å². The molecule has 6 rings (SSSR count). The van der Waals surface area contributed by atoms with Gasteiger partial charge in [-0.25, -0.2) is 0 Å². The van der Waals surface area contributed by atoms with Crippen molar-refractivity contribution in [1.29, 1.82) is 0 Å². The van der Waals surface area contributed by atoms with E-state index in [1.807, 2.05) is 13.8 Å². The van der Waals surface area contributed by atoms with Gasteiger partial charge in [-0.15, -0.1) is 0 Å². The molecule has 14 atom stereocenters. The summed E-state index contributed by atoms with van der Waals surface area (Å²) in [5.41, 5.74) is -1.20. The molecule has 0 amide bonds. The molecule has 4 saturated carbocycles. The lowest BCUT2D eigenvalue weighted by molar-refractivity contribution is -0.297. The van der Waals surface area contributed by atoms with E-state index in [-0.39, 0.29) is 40.6 Å². The second kappa shape index (κ2) is 11.2. The smallest absolute Gasteiger partial charge is 0.315 e. The predicted molar refractivity (Wildman–Crippen MR) is 168 cm³/mol. The molecule has 7 N–H and O–H groups in total. The Hall–Kier alpha value is -1.11. The zero-order valence-corrected chi connectivity index (χ0v) is 28.5. The third-order valence-corrected chi connectivity index (χ3v) is 15.1. The number of carbonyl (C=O) groups is 1. The summed E-state index contributed by atoms with van der Waals surface area (Å²) >= 11 is 0. The summed E-state index contributed by atoms with van der Waals surface area (Å²) in [4.78, 5) is 14.4. The second-order valence-electron chi connectivity index (χ2n) is 17.9. The molecule has 1 aliphatic heterocycles. The van der Waals surface area contributed by atoms with Crippen molar-refractivity contribution >= 4 is 5.97 Å². The number of allylic oxidation sites excluding steroid dienone is 2. The van der Waals surface area contributed by atoms with Crippen LogP contribution in [0.1, 0.15) is 99.3 Å². The fourth-order valence-corrected chi connectivity index (χ4v) is 12.1. The number of hydrogen-bond donors (Lipinski definition) is 7. The number of esters is 1. The normalized spacial score (nSPS) is 52.7. The first kappa shape index (κ1) is 34.7. The number of fused-ring (bicyclic) bond motifs is 7. The molecule has 262 valence electrons. The number of aliphatic hydroxyl groups is 7. The summed E-state index contributed by atoms with van der Waals surface area (Å²) in [6.45, 7) is 12.6. The molecule has 5 fully saturated rings. The third kappa shape index (κ3) is 4.60. The van der Waals surface area contributed by atoms with Gasteiger partial charge in [0.2, 0.25) is 6.29 Å². The summed E-state index contributed by atoms with van der Waals surface area (Å²) in [6.07, 6.45) is -0.576. The first-order valence-electron chi connectivity index (χ1n) is 17.5. The number of hydrogen-bond acceptors (Lipinski definition) is 10. The maximum atomic E-state index is 14.4. The fraction of sp³-hybridized carbons (Fsp3) is 0.917. The largest absolute Gasteiger partial charge is 0.432 e. The monoisotopic (exact) mass is 650 g/mol. The standard InChI is InChI=1S/C36H58O10/c1-31(2)11-13-35(30(44)46-29-27(42)26(41)25(40)22(17-37)45-29)14-12-33(5)19(20(35)15-31)7-8-24-34(33,6)10-9-23-32(3,4)28(43)21(39)16-36(23,24)18-38/h7,20-29,37-43H,8-18H2,1-6H3/t20-,21+,22-,23?,24-,25-,26+,27-,28-,29+,33-,34-,35+,36-/m0/s1. The predicted octanol–water partition coefficient (Wildman–Crippen LogP) is 2.44. The van der Waals surface area contributed by atoms with Crippen LogP contribution in [0.5, 0.6) is 0 Å². The zero-order valence-electron chi connectivity index (χ0n) is 28.5. The number of rotatable bonds is 4. The minimum absolute atomic E-state index is 0.0218. The van der Waals surface area contributed by atoms with Crippen LogP contribution in [-0.4, -0.2) is 97.8 Å². The van der Waals surface area contributed by atoms with E-state index in [1.165, 1.54) is 5.57 Å². The van der Waals surface area contributed by atoms with Crippen molar-refractivity contribution in [3.8, 4) is 0 Å². The van der Waals surface area contributed by atoms with Gasteiger partial charge >= 0.3 is 5.97 Å². The van der Waals surface area contributed by atoms with E-state index in [2.05, 4.69) is 33.8 Å². The summed E-state index contributed by atoms with van der Waals surface area (Å²) in [5, 5.41) is 74.4. The highest BCUT2D eigenvalue weighted by Crippen LogP contribution is 2.75. The van der Waals surface area contributed by atoms with Crippen molar-refractivity contribution in [1.82, 2.24) is 0 Å². The molecule has 1 heterocycles. The average Bonchev–Trinajstić information content (AvgIpc) is 3.00. The maximum absolute atomic E-state index is 14.4. The van der Waals surface area contributed by atoms with E-state index in [9.17, 15) is 40.5 Å². The van der Waals surface area contributed by atoms with E-state index >= 15 is 0 Å². The number of aliphatic hydroxyl groups excluding tert-OH is 7. The molecular formula is C36H58O10. The van der Waals surface area contributed by atoms with E-state index in [4.69, 9.17) is 9.47 Å². The fourth-order valence-electron chi connectivity index (χ4n) is 12.1. The van der Waals surface area contributed by atoms with Crippen LogP contribution in [0.4, 0.5) is 0 Å². The molecule has 46 heavy (non-hydrogen) atoms. The quantitative estimate of drug-likeness (QED) is 0.177. The van der Waals surface area contributed by atoms with Gasteiger partial charge in [0.1, 0.15) is 24.4 Å². The average molecular weight is 651 g/mol. The summed E-state index contributed by atoms with van der Waals surface area (Å²) in [7, 11) is 0.